The number of amidine groups is 1. The van der Waals surface area contributed by atoms with Crippen LogP contribution >= 0.6 is 0 Å². The van der Waals surface area contributed by atoms with Crippen LogP contribution in [0.5, 0.6) is 0 Å². The number of carbonyl (C=O) groups excluding carboxylic acids is 3. The van der Waals surface area contributed by atoms with Crippen molar-refractivity contribution in [2.45, 2.75) is 25.4 Å². The van der Waals surface area contributed by atoms with Gasteiger partial charge in [0.2, 0.25) is 0 Å². The van der Waals surface area contributed by atoms with E-state index in [9.17, 15) is 14.4 Å². The van der Waals surface area contributed by atoms with Crippen LogP contribution in [-0.4, -0.2) is 66.7 Å². The number of aldehydes is 1. The minimum Gasteiger partial charge on any atom is -0.382 e. The van der Waals surface area contributed by atoms with Gasteiger partial charge in [-0.25, -0.2) is 4.99 Å². The number of aromatic nitrogens is 2. The number of hydrogen-bond acceptors (Lipinski definition) is 7. The number of carbonyl (C=O) groups is 3. The number of ether oxygens (including phenoxy) is 2. The Hall–Kier alpha value is -4.15. The zero-order valence-corrected chi connectivity index (χ0v) is 21.2. The molecule has 1 atom stereocenters. The molecule has 0 unspecified atom stereocenters. The monoisotopic (exact) mass is 505 g/mol. The van der Waals surface area contributed by atoms with Gasteiger partial charge in [0, 0.05) is 24.4 Å². The predicted molar refractivity (Wildman–Crippen MR) is 141 cm³/mol. The van der Waals surface area contributed by atoms with Crippen molar-refractivity contribution >= 4 is 35.7 Å². The zero-order chi connectivity index (χ0) is 27.0. The third-order valence-corrected chi connectivity index (χ3v) is 5.84. The summed E-state index contributed by atoms with van der Waals surface area (Å²) in [5, 5.41) is 9.66. The van der Waals surface area contributed by atoms with Crippen LogP contribution in [0.1, 0.15) is 45.8 Å². The molecule has 10 nitrogen and oxygen atoms in total. The summed E-state index contributed by atoms with van der Waals surface area (Å²) < 4.78 is 12.1. The van der Waals surface area contributed by atoms with Crippen molar-refractivity contribution in [1.29, 1.82) is 0 Å². The SMILES string of the molecule is C=CC(=N/C(=C\C)c1ccc(C=C)c(C=O)c1)NC(=O)[C@H](COC)NC(=O)c1ccn(C2(C)COC2)n1. The first-order chi connectivity index (χ1) is 17.8. The number of nitrogens with one attached hydrogen (secondary N) is 2. The van der Waals surface area contributed by atoms with Gasteiger partial charge in [0.15, 0.2) is 6.29 Å². The van der Waals surface area contributed by atoms with Crippen molar-refractivity contribution in [3.05, 3.63) is 78.2 Å². The number of benzene rings is 1. The molecule has 1 aliphatic heterocycles. The van der Waals surface area contributed by atoms with E-state index in [1.54, 1.807) is 54.2 Å². The Morgan fingerprint density at radius 3 is 2.62 bits per heavy atom. The van der Waals surface area contributed by atoms with Gasteiger partial charge in [0.05, 0.1) is 25.5 Å². The summed E-state index contributed by atoms with van der Waals surface area (Å²) in [5.41, 5.74) is 2.24. The average Bonchev–Trinajstić information content (AvgIpc) is 3.39. The highest BCUT2D eigenvalue weighted by atomic mass is 16.5. The van der Waals surface area contributed by atoms with Crippen LogP contribution in [0.25, 0.3) is 11.8 Å². The van der Waals surface area contributed by atoms with Crippen LogP contribution in [0.4, 0.5) is 0 Å². The quantitative estimate of drug-likeness (QED) is 0.275. The maximum absolute atomic E-state index is 13.0. The molecule has 1 aromatic heterocycles. The van der Waals surface area contributed by atoms with Crippen molar-refractivity contribution in [2.75, 3.05) is 26.9 Å². The fraction of sp³-hybridized carbons (Fsp3) is 0.296. The summed E-state index contributed by atoms with van der Waals surface area (Å²) in [5.74, 6) is -0.899. The van der Waals surface area contributed by atoms with Gasteiger partial charge in [0.25, 0.3) is 11.8 Å². The van der Waals surface area contributed by atoms with Gasteiger partial charge >= 0.3 is 0 Å². The summed E-state index contributed by atoms with van der Waals surface area (Å²) in [6.45, 7) is 12.1. The Morgan fingerprint density at radius 1 is 1.30 bits per heavy atom. The smallest absolute Gasteiger partial charge is 0.272 e. The van der Waals surface area contributed by atoms with Gasteiger partial charge in [-0.3, -0.25) is 19.1 Å². The molecule has 2 amide bonds. The Morgan fingerprint density at radius 2 is 2.05 bits per heavy atom. The highest BCUT2D eigenvalue weighted by Gasteiger charge is 2.36. The first kappa shape index (κ1) is 27.4. The van der Waals surface area contributed by atoms with Crippen molar-refractivity contribution in [3.63, 3.8) is 0 Å². The fourth-order valence-corrected chi connectivity index (χ4v) is 3.64. The number of methoxy groups -OCH3 is 1. The lowest BCUT2D eigenvalue weighted by molar-refractivity contribution is -0.122. The average molecular weight is 506 g/mol. The van der Waals surface area contributed by atoms with E-state index >= 15 is 0 Å². The van der Waals surface area contributed by atoms with Crippen LogP contribution in [-0.2, 0) is 19.8 Å². The molecule has 194 valence electrons. The van der Waals surface area contributed by atoms with Crippen LogP contribution in [0.3, 0.4) is 0 Å². The summed E-state index contributed by atoms with van der Waals surface area (Å²) in [4.78, 5) is 41.8. The standard InChI is InChI=1S/C27H31N5O5/c1-6-18-9-10-19(13-20(18)14-33)21(7-2)28-24(8-3)30-26(35)23(15-36-5)29-25(34)22-11-12-32(31-22)27(4)16-37-17-27/h6-14,23H,1,3,15-17H2,2,4-5H3,(H,29,34)(H,28,30,35)/b21-7-/t23-/m0/s1. The first-order valence-corrected chi connectivity index (χ1v) is 11.6. The highest BCUT2D eigenvalue weighted by Crippen LogP contribution is 2.24. The lowest BCUT2D eigenvalue weighted by Gasteiger charge is -2.38. The number of allylic oxidation sites excluding steroid dienone is 1. The summed E-state index contributed by atoms with van der Waals surface area (Å²) in [6.07, 6.45) is 7.18. The van der Waals surface area contributed by atoms with Crippen molar-refractivity contribution in [3.8, 4) is 0 Å². The molecule has 3 rings (SSSR count). The molecular weight excluding hydrogens is 474 g/mol. The Labute approximate surface area is 215 Å². The Balaban J connectivity index is 1.74. The molecule has 37 heavy (non-hydrogen) atoms. The third-order valence-electron chi connectivity index (χ3n) is 5.84. The molecule has 1 fully saturated rings. The molecule has 2 heterocycles. The van der Waals surface area contributed by atoms with Crippen molar-refractivity contribution in [1.82, 2.24) is 20.4 Å². The second kappa shape index (κ2) is 12.2. The zero-order valence-electron chi connectivity index (χ0n) is 21.2. The highest BCUT2D eigenvalue weighted by molar-refractivity contribution is 6.08. The number of hydrogen-bond donors (Lipinski definition) is 2. The normalized spacial score (nSPS) is 15.8. The first-order valence-electron chi connectivity index (χ1n) is 11.6. The van der Waals surface area contributed by atoms with Crippen LogP contribution in [0.15, 0.2) is 60.8 Å². The van der Waals surface area contributed by atoms with E-state index in [0.717, 1.165) is 6.29 Å². The number of amides is 2. The van der Waals surface area contributed by atoms with E-state index in [0.29, 0.717) is 35.6 Å². The summed E-state index contributed by atoms with van der Waals surface area (Å²) >= 11 is 0. The topological polar surface area (TPSA) is 124 Å². The molecule has 10 heteroatoms. The second-order valence-corrected chi connectivity index (χ2v) is 8.65. The van der Waals surface area contributed by atoms with E-state index < -0.39 is 17.9 Å². The molecule has 0 aliphatic carbocycles. The maximum Gasteiger partial charge on any atom is 0.272 e. The minimum atomic E-state index is -1.02. The second-order valence-electron chi connectivity index (χ2n) is 8.65. The maximum atomic E-state index is 13.0. The summed E-state index contributed by atoms with van der Waals surface area (Å²) in [7, 11) is 1.43. The molecule has 0 bridgehead atoms. The lowest BCUT2D eigenvalue weighted by Crippen LogP contribution is -2.51. The third kappa shape index (κ3) is 6.35. The van der Waals surface area contributed by atoms with Gasteiger partial charge in [-0.05, 0) is 37.6 Å². The molecule has 0 spiro atoms. The summed E-state index contributed by atoms with van der Waals surface area (Å²) in [6, 6.07) is 5.82. The van der Waals surface area contributed by atoms with E-state index in [2.05, 4.69) is 33.9 Å². The van der Waals surface area contributed by atoms with Gasteiger partial charge in [-0.1, -0.05) is 37.4 Å². The van der Waals surface area contributed by atoms with Gasteiger partial charge in [-0.15, -0.1) is 0 Å². The Kier molecular flexibility index (Phi) is 9.05. The predicted octanol–water partition coefficient (Wildman–Crippen LogP) is 2.59. The van der Waals surface area contributed by atoms with Crippen molar-refractivity contribution < 1.29 is 23.9 Å². The van der Waals surface area contributed by atoms with Crippen LogP contribution in [0.2, 0.25) is 0 Å². The molecule has 1 saturated heterocycles. The molecule has 2 aromatic rings. The van der Waals surface area contributed by atoms with Gasteiger partial charge in [-0.2, -0.15) is 5.10 Å². The van der Waals surface area contributed by atoms with E-state index in [4.69, 9.17) is 9.47 Å². The lowest BCUT2D eigenvalue weighted by atomic mass is 10.0. The van der Waals surface area contributed by atoms with E-state index in [1.807, 2.05) is 6.92 Å². The fourth-order valence-electron chi connectivity index (χ4n) is 3.64. The van der Waals surface area contributed by atoms with Gasteiger partial charge < -0.3 is 20.1 Å². The molecule has 2 N–H and O–H groups in total. The molecule has 1 aliphatic rings. The minimum absolute atomic E-state index is 0.0730. The van der Waals surface area contributed by atoms with Crippen molar-refractivity contribution in [2.24, 2.45) is 4.99 Å². The molecular formula is C27H31N5O5. The van der Waals surface area contributed by atoms with Gasteiger partial charge in [0.1, 0.15) is 23.1 Å². The Bertz CT molecular complexity index is 1260. The molecule has 0 radical (unpaired) electrons. The number of aliphatic imine (C=N–C) groups is 1. The molecule has 1 aromatic carbocycles. The number of nitrogens with zero attached hydrogens (tertiary/aromatic N) is 3. The number of rotatable bonds is 11. The van der Waals surface area contributed by atoms with E-state index in [-0.39, 0.29) is 23.7 Å². The van der Waals surface area contributed by atoms with E-state index in [1.165, 1.54) is 13.2 Å². The van der Waals surface area contributed by atoms with Crippen LogP contribution in [0, 0.1) is 0 Å². The largest absolute Gasteiger partial charge is 0.382 e. The van der Waals surface area contributed by atoms with Crippen LogP contribution < -0.4 is 10.6 Å². The molecule has 0 saturated carbocycles.